The molecule has 0 aliphatic carbocycles. The number of halogens is 2. The highest BCUT2D eigenvalue weighted by atomic mass is 127. The van der Waals surface area contributed by atoms with Crippen LogP contribution in [0.5, 0.6) is 0 Å². The normalized spacial score (nSPS) is 21.5. The van der Waals surface area contributed by atoms with Crippen molar-refractivity contribution >= 4 is 41.5 Å². The Hall–Kier alpha value is -0.610. The van der Waals surface area contributed by atoms with E-state index in [0.29, 0.717) is 12.5 Å². The summed E-state index contributed by atoms with van der Waals surface area (Å²) >= 11 is 6.54. The quantitative estimate of drug-likeness (QED) is 0.329. The Balaban J connectivity index is 0.00000300. The molecule has 8 heteroatoms. The molecule has 1 aromatic carbocycles. The van der Waals surface area contributed by atoms with Crippen molar-refractivity contribution in [3.63, 3.8) is 0 Å². The van der Waals surface area contributed by atoms with Crippen LogP contribution in [0, 0.1) is 5.92 Å². The Morgan fingerprint density at radius 2 is 2.03 bits per heavy atom. The summed E-state index contributed by atoms with van der Waals surface area (Å²) in [5, 5.41) is 4.24. The second kappa shape index (κ2) is 12.9. The second-order valence-electron chi connectivity index (χ2n) is 7.49. The van der Waals surface area contributed by atoms with Gasteiger partial charge in [-0.05, 0) is 25.0 Å². The summed E-state index contributed by atoms with van der Waals surface area (Å²) in [6, 6.07) is 8.26. The van der Waals surface area contributed by atoms with Crippen molar-refractivity contribution < 1.29 is 9.47 Å². The zero-order valence-electron chi connectivity index (χ0n) is 17.5. The molecule has 0 spiro atoms. The van der Waals surface area contributed by atoms with Crippen LogP contribution in [0.4, 0.5) is 0 Å². The monoisotopic (exact) mass is 536 g/mol. The summed E-state index contributed by atoms with van der Waals surface area (Å²) in [6.07, 6.45) is 1.12. The highest BCUT2D eigenvalue weighted by Crippen LogP contribution is 2.28. The predicted octanol–water partition coefficient (Wildman–Crippen LogP) is 3.27. The van der Waals surface area contributed by atoms with Crippen LogP contribution in [0.3, 0.4) is 0 Å². The number of hydrogen-bond acceptors (Lipinski definition) is 4. The van der Waals surface area contributed by atoms with Crippen LogP contribution in [-0.4, -0.2) is 82.0 Å². The number of ether oxygens (including phenoxy) is 2. The van der Waals surface area contributed by atoms with E-state index in [1.165, 1.54) is 0 Å². The summed E-state index contributed by atoms with van der Waals surface area (Å²) < 4.78 is 11.1. The maximum absolute atomic E-state index is 6.54. The highest BCUT2D eigenvalue weighted by Gasteiger charge is 2.25. The van der Waals surface area contributed by atoms with E-state index in [9.17, 15) is 0 Å². The molecule has 2 atom stereocenters. The Morgan fingerprint density at radius 3 is 2.69 bits per heavy atom. The van der Waals surface area contributed by atoms with Gasteiger partial charge in [0, 0.05) is 50.8 Å². The SMILES string of the molecule is CCNC(=NCC(c1ccccc1Cl)N1CCOCC1)N(C)CC1CCOC1.I. The zero-order valence-corrected chi connectivity index (χ0v) is 20.6. The van der Waals surface area contributed by atoms with Gasteiger partial charge in [0.05, 0.1) is 32.4 Å². The first-order valence-electron chi connectivity index (χ1n) is 10.3. The van der Waals surface area contributed by atoms with Gasteiger partial charge in [-0.3, -0.25) is 9.89 Å². The molecule has 0 saturated carbocycles. The molecule has 1 aromatic rings. The third-order valence-corrected chi connectivity index (χ3v) is 5.76. The van der Waals surface area contributed by atoms with Crippen molar-refractivity contribution in [1.82, 2.24) is 15.1 Å². The molecular weight excluding hydrogens is 503 g/mol. The van der Waals surface area contributed by atoms with E-state index in [1.54, 1.807) is 0 Å². The zero-order chi connectivity index (χ0) is 19.8. The Kier molecular flexibility index (Phi) is 11.0. The fourth-order valence-electron chi connectivity index (χ4n) is 3.89. The molecule has 2 unspecified atom stereocenters. The molecule has 0 aromatic heterocycles. The van der Waals surface area contributed by atoms with Crippen molar-refractivity contribution in [2.75, 3.05) is 66.2 Å². The number of aliphatic imine (C=N–C) groups is 1. The predicted molar refractivity (Wildman–Crippen MR) is 130 cm³/mol. The van der Waals surface area contributed by atoms with Crippen LogP contribution < -0.4 is 5.32 Å². The molecule has 2 aliphatic rings. The van der Waals surface area contributed by atoms with Crippen molar-refractivity contribution in [2.45, 2.75) is 19.4 Å². The van der Waals surface area contributed by atoms with Crippen LogP contribution in [0.25, 0.3) is 0 Å². The minimum Gasteiger partial charge on any atom is -0.381 e. The summed E-state index contributed by atoms with van der Waals surface area (Å²) in [6.45, 7) is 9.61. The number of nitrogens with zero attached hydrogens (tertiary/aromatic N) is 3. The lowest BCUT2D eigenvalue weighted by atomic mass is 10.0. The first-order chi connectivity index (χ1) is 13.7. The molecule has 0 radical (unpaired) electrons. The summed E-state index contributed by atoms with van der Waals surface area (Å²) in [7, 11) is 2.11. The molecule has 2 aliphatic heterocycles. The fraction of sp³-hybridized carbons (Fsp3) is 0.667. The number of morpholine rings is 1. The van der Waals surface area contributed by atoms with E-state index in [2.05, 4.69) is 41.2 Å². The van der Waals surface area contributed by atoms with Gasteiger partial charge in [-0.2, -0.15) is 0 Å². The molecule has 29 heavy (non-hydrogen) atoms. The summed E-state index contributed by atoms with van der Waals surface area (Å²) in [5.41, 5.74) is 1.14. The minimum absolute atomic E-state index is 0. The van der Waals surface area contributed by atoms with Crippen LogP contribution in [0.2, 0.25) is 5.02 Å². The van der Waals surface area contributed by atoms with E-state index in [0.717, 1.165) is 75.6 Å². The molecule has 3 rings (SSSR count). The number of nitrogens with one attached hydrogen (secondary N) is 1. The smallest absolute Gasteiger partial charge is 0.193 e. The van der Waals surface area contributed by atoms with Crippen molar-refractivity contribution in [2.24, 2.45) is 10.9 Å². The van der Waals surface area contributed by atoms with E-state index in [1.807, 2.05) is 12.1 Å². The van der Waals surface area contributed by atoms with E-state index in [4.69, 9.17) is 26.1 Å². The topological polar surface area (TPSA) is 49.3 Å². The number of benzene rings is 1. The summed E-state index contributed by atoms with van der Waals surface area (Å²) in [5.74, 6) is 1.52. The van der Waals surface area contributed by atoms with Gasteiger partial charge in [-0.15, -0.1) is 24.0 Å². The van der Waals surface area contributed by atoms with Gasteiger partial charge in [-0.25, -0.2) is 0 Å². The summed E-state index contributed by atoms with van der Waals surface area (Å²) in [4.78, 5) is 9.66. The standard InChI is InChI=1S/C21H33ClN4O2.HI/c1-3-23-21(25(2)15-17-8-11-28-16-17)24-14-20(26-9-12-27-13-10-26)18-6-4-5-7-19(18)22;/h4-7,17,20H,3,8-16H2,1-2H3,(H,23,24);1H. The molecule has 0 amide bonds. The molecule has 2 saturated heterocycles. The molecule has 6 nitrogen and oxygen atoms in total. The van der Waals surface area contributed by atoms with Crippen LogP contribution in [0.1, 0.15) is 24.9 Å². The van der Waals surface area contributed by atoms with Crippen molar-refractivity contribution in [3.05, 3.63) is 34.9 Å². The van der Waals surface area contributed by atoms with Gasteiger partial charge in [0.2, 0.25) is 0 Å². The molecule has 2 heterocycles. The lowest BCUT2D eigenvalue weighted by Crippen LogP contribution is -2.43. The van der Waals surface area contributed by atoms with Crippen LogP contribution in [0.15, 0.2) is 29.3 Å². The van der Waals surface area contributed by atoms with Gasteiger partial charge in [0.1, 0.15) is 0 Å². The number of guanidine groups is 1. The average molecular weight is 537 g/mol. The lowest BCUT2D eigenvalue weighted by molar-refractivity contribution is 0.0179. The van der Waals surface area contributed by atoms with E-state index < -0.39 is 0 Å². The van der Waals surface area contributed by atoms with E-state index in [-0.39, 0.29) is 30.0 Å². The average Bonchev–Trinajstić information content (AvgIpc) is 3.22. The largest absolute Gasteiger partial charge is 0.381 e. The highest BCUT2D eigenvalue weighted by molar-refractivity contribution is 14.0. The molecule has 2 fully saturated rings. The maximum atomic E-state index is 6.54. The minimum atomic E-state index is 0. The van der Waals surface area contributed by atoms with Gasteiger partial charge < -0.3 is 19.7 Å². The van der Waals surface area contributed by atoms with Gasteiger partial charge in [0.15, 0.2) is 5.96 Å². The van der Waals surface area contributed by atoms with Crippen LogP contribution >= 0.6 is 35.6 Å². The van der Waals surface area contributed by atoms with Crippen molar-refractivity contribution in [1.29, 1.82) is 0 Å². The third kappa shape index (κ3) is 7.24. The van der Waals surface area contributed by atoms with Gasteiger partial charge in [-0.1, -0.05) is 29.8 Å². The molecule has 164 valence electrons. The van der Waals surface area contributed by atoms with E-state index >= 15 is 0 Å². The third-order valence-electron chi connectivity index (χ3n) is 5.42. The van der Waals surface area contributed by atoms with Crippen LogP contribution in [-0.2, 0) is 9.47 Å². The molecule has 1 N–H and O–H groups in total. The van der Waals surface area contributed by atoms with Gasteiger partial charge >= 0.3 is 0 Å². The molecule has 0 bridgehead atoms. The second-order valence-corrected chi connectivity index (χ2v) is 7.90. The first-order valence-corrected chi connectivity index (χ1v) is 10.7. The number of rotatable bonds is 7. The van der Waals surface area contributed by atoms with Crippen molar-refractivity contribution in [3.8, 4) is 0 Å². The first kappa shape index (κ1) is 24.7. The Bertz CT molecular complexity index is 637. The fourth-order valence-corrected chi connectivity index (χ4v) is 4.15. The van der Waals surface area contributed by atoms with Gasteiger partial charge in [0.25, 0.3) is 0 Å². The Morgan fingerprint density at radius 1 is 1.28 bits per heavy atom. The molecular formula is C21H34ClIN4O2. The Labute approximate surface area is 197 Å². The number of hydrogen-bond donors (Lipinski definition) is 1. The maximum Gasteiger partial charge on any atom is 0.193 e. The lowest BCUT2D eigenvalue weighted by Gasteiger charge is -2.35.